The van der Waals surface area contributed by atoms with Crippen LogP contribution in [0, 0.1) is 0 Å². The third kappa shape index (κ3) is 3.87. The molecule has 3 heterocycles. The number of methoxy groups -OCH3 is 1. The fourth-order valence-electron chi connectivity index (χ4n) is 4.06. The van der Waals surface area contributed by atoms with E-state index in [4.69, 9.17) is 4.74 Å². The lowest BCUT2D eigenvalue weighted by molar-refractivity contribution is -0.123. The lowest BCUT2D eigenvalue weighted by atomic mass is 9.92. The van der Waals surface area contributed by atoms with Crippen molar-refractivity contribution in [3.63, 3.8) is 0 Å². The van der Waals surface area contributed by atoms with E-state index in [2.05, 4.69) is 27.5 Å². The first kappa shape index (κ1) is 19.9. The summed E-state index contributed by atoms with van der Waals surface area (Å²) in [6.07, 6.45) is 3.05. The Morgan fingerprint density at radius 2 is 2.13 bits per heavy atom. The highest BCUT2D eigenvalue weighted by atomic mass is 16.5. The fraction of sp³-hybridized carbons (Fsp3) is 0.429. The Morgan fingerprint density at radius 3 is 2.90 bits per heavy atom. The van der Waals surface area contributed by atoms with Gasteiger partial charge in [0.2, 0.25) is 17.8 Å². The molecule has 0 unspecified atom stereocenters. The van der Waals surface area contributed by atoms with Gasteiger partial charge in [-0.05, 0) is 38.3 Å². The summed E-state index contributed by atoms with van der Waals surface area (Å²) in [5, 5.41) is 5.44. The Bertz CT molecular complexity index is 1030. The van der Waals surface area contributed by atoms with Gasteiger partial charge in [-0.25, -0.2) is 0 Å². The maximum absolute atomic E-state index is 12.9. The lowest BCUT2D eigenvalue weighted by Gasteiger charge is -2.34. The van der Waals surface area contributed by atoms with Gasteiger partial charge in [-0.3, -0.25) is 19.4 Å². The summed E-state index contributed by atoms with van der Waals surface area (Å²) in [6, 6.07) is 7.14. The van der Waals surface area contributed by atoms with Crippen molar-refractivity contribution < 1.29 is 14.3 Å². The van der Waals surface area contributed by atoms with E-state index in [1.165, 1.54) is 7.11 Å². The number of nitrogens with one attached hydrogen (secondary N) is 3. The second-order valence-corrected chi connectivity index (χ2v) is 7.72. The summed E-state index contributed by atoms with van der Waals surface area (Å²) in [6.45, 7) is 2.87. The van der Waals surface area contributed by atoms with Crippen LogP contribution in [0.4, 0.5) is 17.5 Å². The number of anilines is 3. The van der Waals surface area contributed by atoms with Gasteiger partial charge in [0.15, 0.2) is 0 Å². The predicted molar refractivity (Wildman–Crippen MR) is 113 cm³/mol. The summed E-state index contributed by atoms with van der Waals surface area (Å²) in [7, 11) is 1.54. The molecule has 9 heteroatoms. The van der Waals surface area contributed by atoms with Crippen LogP contribution in [0.25, 0.3) is 0 Å². The fourth-order valence-corrected chi connectivity index (χ4v) is 4.06. The second-order valence-electron chi connectivity index (χ2n) is 7.72. The van der Waals surface area contributed by atoms with E-state index in [9.17, 15) is 14.4 Å². The standard InChI is InChI=1S/C21H25N5O4/c1-12-6-3-4-9-26(12)21-24-18-17(20(29)25-21)15(11-16(27)23-18)19(28)22-13-7-5-8-14(10-13)30-2/h5,7-8,10,12,15H,3-4,6,9,11H2,1-2H3,(H,22,28)(H2,23,24,25,27,29)/t12-,15+/m1/s1. The molecule has 9 nitrogen and oxygen atoms in total. The van der Waals surface area contributed by atoms with Crippen molar-refractivity contribution in [2.24, 2.45) is 0 Å². The lowest BCUT2D eigenvalue weighted by Crippen LogP contribution is -2.41. The molecule has 0 radical (unpaired) electrons. The summed E-state index contributed by atoms with van der Waals surface area (Å²) < 4.78 is 5.17. The normalized spacial score (nSPS) is 20.9. The number of amides is 2. The molecule has 30 heavy (non-hydrogen) atoms. The third-order valence-electron chi connectivity index (χ3n) is 5.67. The van der Waals surface area contributed by atoms with Crippen LogP contribution in [-0.2, 0) is 9.59 Å². The van der Waals surface area contributed by atoms with Crippen LogP contribution in [-0.4, -0.2) is 41.5 Å². The monoisotopic (exact) mass is 411 g/mol. The molecule has 0 bridgehead atoms. The zero-order valence-electron chi connectivity index (χ0n) is 17.0. The van der Waals surface area contributed by atoms with Gasteiger partial charge in [0.25, 0.3) is 5.56 Å². The van der Waals surface area contributed by atoms with Crippen molar-refractivity contribution in [3.8, 4) is 5.75 Å². The van der Waals surface area contributed by atoms with E-state index in [1.54, 1.807) is 24.3 Å². The SMILES string of the molecule is COc1cccc(NC(=O)[C@H]2CC(=O)Nc3nc(N4CCCC[C@H]4C)[nH]c(=O)c32)c1. The van der Waals surface area contributed by atoms with Gasteiger partial charge in [-0.1, -0.05) is 6.07 Å². The number of rotatable bonds is 4. The maximum atomic E-state index is 12.9. The first-order valence-electron chi connectivity index (χ1n) is 10.1. The van der Waals surface area contributed by atoms with Gasteiger partial charge in [0.05, 0.1) is 18.6 Å². The topological polar surface area (TPSA) is 116 Å². The van der Waals surface area contributed by atoms with E-state index in [1.807, 2.05) is 4.90 Å². The molecule has 158 valence electrons. The van der Waals surface area contributed by atoms with Crippen LogP contribution in [0.5, 0.6) is 5.75 Å². The Kier molecular flexibility index (Phi) is 5.43. The Hall–Kier alpha value is -3.36. The number of benzene rings is 1. The highest BCUT2D eigenvalue weighted by Crippen LogP contribution is 2.31. The zero-order valence-corrected chi connectivity index (χ0v) is 17.0. The van der Waals surface area contributed by atoms with Gasteiger partial charge in [0.1, 0.15) is 11.6 Å². The van der Waals surface area contributed by atoms with Crippen molar-refractivity contribution in [1.29, 1.82) is 0 Å². The molecule has 2 atom stereocenters. The van der Waals surface area contributed by atoms with E-state index >= 15 is 0 Å². The van der Waals surface area contributed by atoms with Gasteiger partial charge in [0, 0.05) is 30.8 Å². The molecule has 1 saturated heterocycles. The number of nitrogens with zero attached hydrogens (tertiary/aromatic N) is 2. The molecule has 2 amide bonds. The van der Waals surface area contributed by atoms with Gasteiger partial charge >= 0.3 is 0 Å². The van der Waals surface area contributed by atoms with Gasteiger partial charge in [-0.2, -0.15) is 4.98 Å². The van der Waals surface area contributed by atoms with Crippen LogP contribution in [0.3, 0.4) is 0 Å². The summed E-state index contributed by atoms with van der Waals surface area (Å²) in [5.41, 5.74) is 0.303. The molecule has 2 aromatic rings. The van der Waals surface area contributed by atoms with Crippen LogP contribution in [0.2, 0.25) is 0 Å². The Labute approximate surface area is 173 Å². The number of carbonyl (C=O) groups excluding carboxylic acids is 2. The highest BCUT2D eigenvalue weighted by molar-refractivity contribution is 6.04. The maximum Gasteiger partial charge on any atom is 0.258 e. The van der Waals surface area contributed by atoms with Crippen molar-refractivity contribution in [3.05, 3.63) is 40.2 Å². The number of hydrogen-bond acceptors (Lipinski definition) is 6. The van der Waals surface area contributed by atoms with Gasteiger partial charge < -0.3 is 20.3 Å². The first-order valence-corrected chi connectivity index (χ1v) is 10.1. The minimum Gasteiger partial charge on any atom is -0.497 e. The minimum atomic E-state index is -0.927. The van der Waals surface area contributed by atoms with Crippen molar-refractivity contribution >= 4 is 29.3 Å². The first-order chi connectivity index (χ1) is 14.5. The number of piperidine rings is 1. The van der Waals surface area contributed by atoms with Gasteiger partial charge in [-0.15, -0.1) is 0 Å². The molecule has 0 aliphatic carbocycles. The summed E-state index contributed by atoms with van der Waals surface area (Å²) in [5.74, 6) is -0.526. The molecular formula is C21H25N5O4. The van der Waals surface area contributed by atoms with E-state index in [0.717, 1.165) is 25.8 Å². The largest absolute Gasteiger partial charge is 0.497 e. The molecule has 3 N–H and O–H groups in total. The van der Waals surface area contributed by atoms with Crippen LogP contribution >= 0.6 is 0 Å². The highest BCUT2D eigenvalue weighted by Gasteiger charge is 2.35. The van der Waals surface area contributed by atoms with E-state index in [0.29, 0.717) is 17.4 Å². The number of aromatic nitrogens is 2. The zero-order chi connectivity index (χ0) is 21.3. The summed E-state index contributed by atoms with van der Waals surface area (Å²) >= 11 is 0. The predicted octanol–water partition coefficient (Wildman–Crippen LogP) is 2.22. The van der Waals surface area contributed by atoms with Crippen LogP contribution in [0.1, 0.15) is 44.1 Å². The van der Waals surface area contributed by atoms with Crippen molar-refractivity contribution in [1.82, 2.24) is 9.97 Å². The molecule has 2 aliphatic rings. The minimum absolute atomic E-state index is 0.118. The molecule has 0 saturated carbocycles. The number of hydrogen-bond donors (Lipinski definition) is 3. The second kappa shape index (κ2) is 8.17. The van der Waals surface area contributed by atoms with E-state index in [-0.39, 0.29) is 29.8 Å². The van der Waals surface area contributed by atoms with E-state index < -0.39 is 17.4 Å². The Morgan fingerprint density at radius 1 is 1.30 bits per heavy atom. The number of aromatic amines is 1. The molecule has 1 fully saturated rings. The molecule has 2 aliphatic heterocycles. The number of carbonyl (C=O) groups is 2. The average molecular weight is 411 g/mol. The molecular weight excluding hydrogens is 386 g/mol. The number of fused-ring (bicyclic) bond motifs is 1. The molecule has 1 aromatic heterocycles. The average Bonchev–Trinajstić information content (AvgIpc) is 2.73. The van der Waals surface area contributed by atoms with Crippen molar-refractivity contribution in [2.45, 2.75) is 44.6 Å². The molecule has 1 aromatic carbocycles. The number of ether oxygens (including phenoxy) is 1. The smallest absolute Gasteiger partial charge is 0.258 e. The quantitative estimate of drug-likeness (QED) is 0.710. The molecule has 4 rings (SSSR count). The van der Waals surface area contributed by atoms with Crippen LogP contribution in [0.15, 0.2) is 29.1 Å². The van der Waals surface area contributed by atoms with Crippen molar-refractivity contribution in [2.75, 3.05) is 29.2 Å². The Balaban J connectivity index is 1.65. The number of H-pyrrole nitrogens is 1. The summed E-state index contributed by atoms with van der Waals surface area (Å²) in [4.78, 5) is 47.5. The van der Waals surface area contributed by atoms with Crippen LogP contribution < -0.4 is 25.8 Å². The third-order valence-corrected chi connectivity index (χ3v) is 5.67. The molecule has 0 spiro atoms.